The van der Waals surface area contributed by atoms with Gasteiger partial charge < -0.3 is 16.0 Å². The number of nitrogens with zero attached hydrogens (tertiary/aromatic N) is 1. The molecule has 0 saturated heterocycles. The lowest BCUT2D eigenvalue weighted by Gasteiger charge is -2.26. The number of benzene rings is 1. The smallest absolute Gasteiger partial charge is 0.246 e. The second-order valence-electron chi connectivity index (χ2n) is 7.97. The molecule has 0 spiro atoms. The lowest BCUT2D eigenvalue weighted by atomic mass is 9.84. The number of fused-ring (bicyclic) bond motifs is 1. The fourth-order valence-corrected chi connectivity index (χ4v) is 4.07. The topological polar surface area (TPSA) is 75.4 Å². The highest BCUT2D eigenvalue weighted by molar-refractivity contribution is 5.88. The second kappa shape index (κ2) is 9.18. The number of carbonyl (C=O) groups is 2. The van der Waals surface area contributed by atoms with Crippen LogP contribution < -0.4 is 11.1 Å². The molecule has 1 heterocycles. The summed E-state index contributed by atoms with van der Waals surface area (Å²) >= 11 is 0. The van der Waals surface area contributed by atoms with Crippen molar-refractivity contribution in [2.75, 3.05) is 0 Å². The number of hydrogen-bond acceptors (Lipinski definition) is 3. The Hall–Kier alpha value is -2.14. The number of nitrogens with one attached hydrogen (secondary N) is 1. The standard InChI is InChI=1S/C22H31N3O2/c1-16(23)22(27)24-20(13-17-7-3-2-4-8-17)11-12-21(26)25-14-18-9-5-6-10-19(18)15-25/h5-6,9-12,16-17,20H,2-4,7-8,13-15,23H2,1H3,(H,24,27)/t16-,20+/m0/s1. The molecule has 0 aromatic heterocycles. The minimum absolute atomic E-state index is 0.00473. The van der Waals surface area contributed by atoms with E-state index in [-0.39, 0.29) is 17.9 Å². The first-order chi connectivity index (χ1) is 13.0. The van der Waals surface area contributed by atoms with E-state index in [1.165, 1.54) is 43.2 Å². The number of hydrogen-bond donors (Lipinski definition) is 2. The van der Waals surface area contributed by atoms with Crippen molar-refractivity contribution >= 4 is 11.8 Å². The fraction of sp³-hybridized carbons (Fsp3) is 0.545. The number of carbonyl (C=O) groups excluding carboxylic acids is 2. The Morgan fingerprint density at radius 3 is 2.41 bits per heavy atom. The molecule has 3 N–H and O–H groups in total. The van der Waals surface area contributed by atoms with Crippen molar-refractivity contribution in [2.45, 2.75) is 70.6 Å². The van der Waals surface area contributed by atoms with E-state index in [9.17, 15) is 9.59 Å². The lowest BCUT2D eigenvalue weighted by Crippen LogP contribution is -2.44. The molecule has 3 rings (SSSR count). The summed E-state index contributed by atoms with van der Waals surface area (Å²) in [4.78, 5) is 26.6. The summed E-state index contributed by atoms with van der Waals surface area (Å²) in [5.41, 5.74) is 8.13. The van der Waals surface area contributed by atoms with Gasteiger partial charge in [0.1, 0.15) is 0 Å². The molecule has 27 heavy (non-hydrogen) atoms. The van der Waals surface area contributed by atoms with Gasteiger partial charge in [0, 0.05) is 25.2 Å². The molecular weight excluding hydrogens is 338 g/mol. The third kappa shape index (κ3) is 5.42. The van der Waals surface area contributed by atoms with E-state index in [4.69, 9.17) is 5.73 Å². The van der Waals surface area contributed by atoms with E-state index in [0.29, 0.717) is 19.0 Å². The van der Waals surface area contributed by atoms with Crippen LogP contribution in [-0.4, -0.2) is 28.8 Å². The molecule has 1 aliphatic carbocycles. The molecule has 1 aliphatic heterocycles. The van der Waals surface area contributed by atoms with E-state index in [0.717, 1.165) is 6.42 Å². The van der Waals surface area contributed by atoms with Crippen LogP contribution in [0.1, 0.15) is 56.6 Å². The van der Waals surface area contributed by atoms with Crippen LogP contribution >= 0.6 is 0 Å². The summed E-state index contributed by atoms with van der Waals surface area (Å²) in [5, 5.41) is 3.01. The molecule has 1 fully saturated rings. The summed E-state index contributed by atoms with van der Waals surface area (Å²) < 4.78 is 0. The van der Waals surface area contributed by atoms with Crippen molar-refractivity contribution in [1.82, 2.24) is 10.2 Å². The first-order valence-corrected chi connectivity index (χ1v) is 10.1. The van der Waals surface area contributed by atoms with Gasteiger partial charge in [-0.25, -0.2) is 0 Å². The Kier molecular flexibility index (Phi) is 6.67. The van der Waals surface area contributed by atoms with Gasteiger partial charge in [0.25, 0.3) is 0 Å². The maximum atomic E-state index is 12.6. The summed E-state index contributed by atoms with van der Waals surface area (Å²) in [6.45, 7) is 2.99. The Labute approximate surface area is 162 Å². The van der Waals surface area contributed by atoms with Gasteiger partial charge in [0.2, 0.25) is 11.8 Å². The molecule has 2 atom stereocenters. The molecule has 0 unspecified atom stereocenters. The van der Waals surface area contributed by atoms with E-state index in [1.54, 1.807) is 13.0 Å². The van der Waals surface area contributed by atoms with Crippen LogP contribution in [0, 0.1) is 5.92 Å². The van der Waals surface area contributed by atoms with Gasteiger partial charge >= 0.3 is 0 Å². The lowest BCUT2D eigenvalue weighted by molar-refractivity contribution is -0.126. The van der Waals surface area contributed by atoms with Crippen LogP contribution in [0.3, 0.4) is 0 Å². The highest BCUT2D eigenvalue weighted by Crippen LogP contribution is 2.28. The fourth-order valence-electron chi connectivity index (χ4n) is 4.07. The molecule has 1 saturated carbocycles. The average Bonchev–Trinajstić information content (AvgIpc) is 3.11. The SMILES string of the molecule is C[C@H](N)C(=O)N[C@H](C=CC(=O)N1Cc2ccccc2C1)CC1CCCCC1. The average molecular weight is 370 g/mol. The van der Waals surface area contributed by atoms with Gasteiger partial charge in [-0.05, 0) is 30.4 Å². The van der Waals surface area contributed by atoms with Gasteiger partial charge in [-0.2, -0.15) is 0 Å². The van der Waals surface area contributed by atoms with Crippen molar-refractivity contribution < 1.29 is 9.59 Å². The predicted octanol–water partition coefficient (Wildman–Crippen LogP) is 2.89. The molecule has 1 aromatic carbocycles. The van der Waals surface area contributed by atoms with E-state index in [1.807, 2.05) is 23.1 Å². The van der Waals surface area contributed by atoms with Crippen molar-refractivity contribution in [1.29, 1.82) is 0 Å². The van der Waals surface area contributed by atoms with Crippen molar-refractivity contribution in [2.24, 2.45) is 11.7 Å². The Morgan fingerprint density at radius 2 is 1.81 bits per heavy atom. The summed E-state index contributed by atoms with van der Waals surface area (Å²) in [7, 11) is 0. The Balaban J connectivity index is 1.61. The van der Waals surface area contributed by atoms with E-state index < -0.39 is 6.04 Å². The van der Waals surface area contributed by atoms with Crippen molar-refractivity contribution in [3.63, 3.8) is 0 Å². The minimum atomic E-state index is -0.545. The van der Waals surface area contributed by atoms with Crippen molar-refractivity contribution in [3.8, 4) is 0 Å². The zero-order valence-electron chi connectivity index (χ0n) is 16.2. The van der Waals surface area contributed by atoms with Gasteiger partial charge in [-0.3, -0.25) is 9.59 Å². The van der Waals surface area contributed by atoms with Crippen LogP contribution in [0.2, 0.25) is 0 Å². The zero-order chi connectivity index (χ0) is 19.2. The van der Waals surface area contributed by atoms with Gasteiger partial charge in [-0.1, -0.05) is 62.4 Å². The molecule has 2 aliphatic rings. The predicted molar refractivity (Wildman–Crippen MR) is 107 cm³/mol. The number of rotatable bonds is 6. The summed E-state index contributed by atoms with van der Waals surface area (Å²) in [5.74, 6) is 0.435. The van der Waals surface area contributed by atoms with Gasteiger partial charge in [-0.15, -0.1) is 0 Å². The normalized spacial score (nSPS) is 19.7. The maximum Gasteiger partial charge on any atom is 0.246 e. The maximum absolute atomic E-state index is 12.6. The second-order valence-corrected chi connectivity index (χ2v) is 7.97. The molecule has 5 nitrogen and oxygen atoms in total. The quantitative estimate of drug-likeness (QED) is 0.757. The van der Waals surface area contributed by atoms with Gasteiger partial charge in [0.15, 0.2) is 0 Å². The Morgan fingerprint density at radius 1 is 1.19 bits per heavy atom. The molecule has 1 aromatic rings. The largest absolute Gasteiger partial charge is 0.349 e. The highest BCUT2D eigenvalue weighted by Gasteiger charge is 2.23. The van der Waals surface area contributed by atoms with Crippen LogP contribution in [0.4, 0.5) is 0 Å². The van der Waals surface area contributed by atoms with Crippen LogP contribution in [-0.2, 0) is 22.7 Å². The molecule has 146 valence electrons. The third-order valence-electron chi connectivity index (χ3n) is 5.68. The zero-order valence-corrected chi connectivity index (χ0v) is 16.2. The molecule has 2 amide bonds. The molecular formula is C22H31N3O2. The van der Waals surface area contributed by atoms with E-state index >= 15 is 0 Å². The van der Waals surface area contributed by atoms with Crippen LogP contribution in [0.5, 0.6) is 0 Å². The summed E-state index contributed by atoms with van der Waals surface area (Å²) in [6.07, 6.45) is 10.6. The minimum Gasteiger partial charge on any atom is -0.349 e. The molecule has 0 radical (unpaired) electrons. The van der Waals surface area contributed by atoms with Gasteiger partial charge in [0.05, 0.1) is 6.04 Å². The Bertz CT molecular complexity index is 668. The number of nitrogens with two attached hydrogens (primary N) is 1. The van der Waals surface area contributed by atoms with Crippen LogP contribution in [0.15, 0.2) is 36.4 Å². The first-order valence-electron chi connectivity index (χ1n) is 10.1. The highest BCUT2D eigenvalue weighted by atomic mass is 16.2. The van der Waals surface area contributed by atoms with Crippen molar-refractivity contribution in [3.05, 3.63) is 47.5 Å². The monoisotopic (exact) mass is 369 g/mol. The number of amides is 2. The third-order valence-corrected chi connectivity index (χ3v) is 5.68. The summed E-state index contributed by atoms with van der Waals surface area (Å²) in [6, 6.07) is 7.47. The van der Waals surface area contributed by atoms with Crippen LogP contribution in [0.25, 0.3) is 0 Å². The molecule has 0 bridgehead atoms. The molecule has 5 heteroatoms. The van der Waals surface area contributed by atoms with E-state index in [2.05, 4.69) is 17.4 Å². The first kappa shape index (κ1) is 19.6.